The summed E-state index contributed by atoms with van der Waals surface area (Å²) in [5.74, 6) is -3.07. The Morgan fingerprint density at radius 2 is 1.60 bits per heavy atom. The summed E-state index contributed by atoms with van der Waals surface area (Å²) in [6.07, 6.45) is 0. The highest BCUT2D eigenvalue weighted by molar-refractivity contribution is 6.22. The van der Waals surface area contributed by atoms with Crippen molar-refractivity contribution in [2.45, 2.75) is 19.9 Å². The summed E-state index contributed by atoms with van der Waals surface area (Å²) < 4.78 is 5.10. The van der Waals surface area contributed by atoms with Gasteiger partial charge in [0.25, 0.3) is 17.7 Å². The highest BCUT2D eigenvalue weighted by atomic mass is 16.5. The van der Waals surface area contributed by atoms with E-state index in [1.807, 2.05) is 6.07 Å². The quantitative estimate of drug-likeness (QED) is 0.582. The maximum Gasteiger partial charge on any atom is 0.330 e. The summed E-state index contributed by atoms with van der Waals surface area (Å²) in [6, 6.07) is 13.5. The molecule has 0 aliphatic carbocycles. The molecule has 3 rings (SSSR count). The average molecular weight is 405 g/mol. The van der Waals surface area contributed by atoms with Crippen LogP contribution in [-0.2, 0) is 14.3 Å². The fourth-order valence-electron chi connectivity index (χ4n) is 3.23. The number of imide groups is 1. The Hall–Kier alpha value is -3.99. The molecule has 0 bridgehead atoms. The van der Waals surface area contributed by atoms with Crippen molar-refractivity contribution in [3.63, 3.8) is 0 Å². The molecule has 1 heterocycles. The van der Waals surface area contributed by atoms with Crippen LogP contribution < -0.4 is 5.32 Å². The van der Waals surface area contributed by atoms with Gasteiger partial charge in [0.1, 0.15) is 12.1 Å². The molecule has 0 fully saturated rings. The predicted octanol–water partition coefficient (Wildman–Crippen LogP) is 2.36. The number of esters is 1. The number of nitrogens with zero attached hydrogens (tertiary/aromatic N) is 2. The Morgan fingerprint density at radius 1 is 1.03 bits per heavy atom. The minimum Gasteiger partial charge on any atom is -0.454 e. The summed E-state index contributed by atoms with van der Waals surface area (Å²) in [5.41, 5.74) is 1.02. The molecular weight excluding hydrogens is 386 g/mol. The second-order valence-electron chi connectivity index (χ2n) is 7.03. The normalized spacial score (nSPS) is 13.6. The number of anilines is 1. The molecule has 1 N–H and O–H groups in total. The molecule has 0 saturated carbocycles. The first-order chi connectivity index (χ1) is 14.3. The third-order valence-corrected chi connectivity index (χ3v) is 4.64. The number of carbonyl (C=O) groups excluding carboxylic acids is 4. The summed E-state index contributed by atoms with van der Waals surface area (Å²) in [4.78, 5) is 51.1. The van der Waals surface area contributed by atoms with E-state index in [1.165, 1.54) is 12.1 Å². The molecule has 8 nitrogen and oxygen atoms in total. The van der Waals surface area contributed by atoms with Crippen LogP contribution in [0.15, 0.2) is 48.5 Å². The zero-order valence-corrected chi connectivity index (χ0v) is 16.4. The molecule has 1 atom stereocenters. The van der Waals surface area contributed by atoms with Crippen molar-refractivity contribution in [2.75, 3.05) is 11.9 Å². The molecule has 152 valence electrons. The monoisotopic (exact) mass is 405 g/mol. The van der Waals surface area contributed by atoms with Gasteiger partial charge in [0.05, 0.1) is 22.4 Å². The van der Waals surface area contributed by atoms with Gasteiger partial charge in [-0.15, -0.1) is 0 Å². The molecule has 0 saturated heterocycles. The molecule has 1 aliphatic heterocycles. The van der Waals surface area contributed by atoms with Crippen molar-refractivity contribution in [2.24, 2.45) is 5.92 Å². The number of carbonyl (C=O) groups is 4. The summed E-state index contributed by atoms with van der Waals surface area (Å²) in [7, 11) is 0. The van der Waals surface area contributed by atoms with E-state index < -0.39 is 42.3 Å². The van der Waals surface area contributed by atoms with Crippen molar-refractivity contribution in [3.05, 3.63) is 65.2 Å². The second kappa shape index (κ2) is 8.57. The lowest BCUT2D eigenvalue weighted by molar-refractivity contribution is -0.152. The number of hydrogen-bond acceptors (Lipinski definition) is 6. The minimum absolute atomic E-state index is 0.229. The van der Waals surface area contributed by atoms with E-state index in [0.717, 1.165) is 4.90 Å². The van der Waals surface area contributed by atoms with Crippen molar-refractivity contribution >= 4 is 29.4 Å². The molecule has 30 heavy (non-hydrogen) atoms. The SMILES string of the molecule is CC(C)[C@@H](C(=O)OCC(=O)Nc1ccccc1C#N)N1C(=O)c2ccccc2C1=O. The van der Waals surface area contributed by atoms with E-state index in [0.29, 0.717) is 5.69 Å². The molecule has 8 heteroatoms. The molecule has 2 aromatic carbocycles. The zero-order chi connectivity index (χ0) is 21.8. The van der Waals surface area contributed by atoms with Crippen LogP contribution in [0.4, 0.5) is 5.69 Å². The van der Waals surface area contributed by atoms with Crippen LogP contribution in [0.1, 0.15) is 40.1 Å². The lowest BCUT2D eigenvalue weighted by atomic mass is 10.0. The largest absolute Gasteiger partial charge is 0.454 e. The highest BCUT2D eigenvalue weighted by Crippen LogP contribution is 2.27. The van der Waals surface area contributed by atoms with E-state index >= 15 is 0 Å². The van der Waals surface area contributed by atoms with Crippen LogP contribution >= 0.6 is 0 Å². The number of amides is 3. The summed E-state index contributed by atoms with van der Waals surface area (Å²) in [5, 5.41) is 11.6. The summed E-state index contributed by atoms with van der Waals surface area (Å²) >= 11 is 0. The number of nitriles is 1. The van der Waals surface area contributed by atoms with Gasteiger partial charge in [-0.05, 0) is 30.2 Å². The van der Waals surface area contributed by atoms with Gasteiger partial charge in [0.15, 0.2) is 6.61 Å². The Morgan fingerprint density at radius 3 is 2.17 bits per heavy atom. The van der Waals surface area contributed by atoms with E-state index in [4.69, 9.17) is 10.00 Å². The first kappa shape index (κ1) is 20.7. The Balaban J connectivity index is 1.70. The molecule has 1 aliphatic rings. The maximum absolute atomic E-state index is 12.7. The van der Waals surface area contributed by atoms with E-state index in [2.05, 4.69) is 5.32 Å². The number of para-hydroxylation sites is 1. The number of benzene rings is 2. The van der Waals surface area contributed by atoms with Crippen LogP contribution in [0.25, 0.3) is 0 Å². The van der Waals surface area contributed by atoms with Crippen LogP contribution in [0.5, 0.6) is 0 Å². The van der Waals surface area contributed by atoms with Gasteiger partial charge < -0.3 is 10.1 Å². The predicted molar refractivity (Wildman–Crippen MR) is 106 cm³/mol. The van der Waals surface area contributed by atoms with Gasteiger partial charge in [0, 0.05) is 0 Å². The third kappa shape index (κ3) is 3.91. The highest BCUT2D eigenvalue weighted by Gasteiger charge is 2.44. The number of hydrogen-bond donors (Lipinski definition) is 1. The summed E-state index contributed by atoms with van der Waals surface area (Å²) in [6.45, 7) is 2.74. The molecule has 2 aromatic rings. The minimum atomic E-state index is -1.17. The lowest BCUT2D eigenvalue weighted by Crippen LogP contribution is -2.49. The van der Waals surface area contributed by atoms with Gasteiger partial charge in [-0.2, -0.15) is 5.26 Å². The number of nitrogens with one attached hydrogen (secondary N) is 1. The fourth-order valence-corrected chi connectivity index (χ4v) is 3.23. The zero-order valence-electron chi connectivity index (χ0n) is 16.4. The molecular formula is C22H19N3O5. The van der Waals surface area contributed by atoms with Gasteiger partial charge in [0.2, 0.25) is 0 Å². The van der Waals surface area contributed by atoms with Crippen LogP contribution in [0, 0.1) is 17.2 Å². The molecule has 0 unspecified atom stereocenters. The Kier molecular flexibility index (Phi) is 5.93. The van der Waals surface area contributed by atoms with Crippen LogP contribution in [0.3, 0.4) is 0 Å². The number of fused-ring (bicyclic) bond motifs is 1. The van der Waals surface area contributed by atoms with Gasteiger partial charge >= 0.3 is 5.97 Å². The fraction of sp³-hybridized carbons (Fsp3) is 0.227. The molecule has 0 radical (unpaired) electrons. The van der Waals surface area contributed by atoms with Gasteiger partial charge in [-0.1, -0.05) is 38.1 Å². The molecule has 0 aromatic heterocycles. The van der Waals surface area contributed by atoms with Crippen molar-refractivity contribution in [3.8, 4) is 6.07 Å². The molecule has 3 amide bonds. The van der Waals surface area contributed by atoms with Crippen LogP contribution in [-0.4, -0.2) is 41.2 Å². The third-order valence-electron chi connectivity index (χ3n) is 4.64. The molecule has 0 spiro atoms. The van der Waals surface area contributed by atoms with Gasteiger partial charge in [-0.3, -0.25) is 19.3 Å². The standard InChI is InChI=1S/C22H19N3O5/c1-13(2)19(25-20(27)15-8-4-5-9-16(15)21(25)28)22(29)30-12-18(26)24-17-10-6-3-7-14(17)11-23/h3-10,13,19H,12H2,1-2H3,(H,24,26)/t19-/m0/s1. The van der Waals surface area contributed by atoms with Crippen molar-refractivity contribution < 1.29 is 23.9 Å². The van der Waals surface area contributed by atoms with Crippen molar-refractivity contribution in [1.29, 1.82) is 5.26 Å². The number of ether oxygens (including phenoxy) is 1. The number of rotatable bonds is 6. The topological polar surface area (TPSA) is 117 Å². The van der Waals surface area contributed by atoms with E-state index in [1.54, 1.807) is 50.2 Å². The maximum atomic E-state index is 12.7. The first-order valence-electron chi connectivity index (χ1n) is 9.27. The second-order valence-corrected chi connectivity index (χ2v) is 7.03. The average Bonchev–Trinajstić information content (AvgIpc) is 2.98. The van der Waals surface area contributed by atoms with Crippen molar-refractivity contribution in [1.82, 2.24) is 4.90 Å². The smallest absolute Gasteiger partial charge is 0.330 e. The first-order valence-corrected chi connectivity index (χ1v) is 9.27. The van der Waals surface area contributed by atoms with E-state index in [-0.39, 0.29) is 16.7 Å². The van der Waals surface area contributed by atoms with Gasteiger partial charge in [-0.25, -0.2) is 4.79 Å². The lowest BCUT2D eigenvalue weighted by Gasteiger charge is -2.27. The van der Waals surface area contributed by atoms with E-state index in [9.17, 15) is 19.2 Å². The Bertz CT molecular complexity index is 1040. The Labute approximate surface area is 173 Å². The van der Waals surface area contributed by atoms with Crippen LogP contribution in [0.2, 0.25) is 0 Å².